The molecule has 0 unspecified atom stereocenters. The lowest BCUT2D eigenvalue weighted by molar-refractivity contribution is 0.0812. The van der Waals surface area contributed by atoms with Crippen LogP contribution in [0, 0.1) is 17.5 Å². The van der Waals surface area contributed by atoms with Crippen molar-refractivity contribution in [3.8, 4) is 11.4 Å². The summed E-state index contributed by atoms with van der Waals surface area (Å²) in [5, 5.41) is 9.65. The summed E-state index contributed by atoms with van der Waals surface area (Å²) in [6.07, 6.45) is 3.58. The molecule has 3 aromatic carbocycles. The third kappa shape index (κ3) is 4.82. The molecule has 0 bridgehead atoms. The Hall–Kier alpha value is -4.67. The summed E-state index contributed by atoms with van der Waals surface area (Å²) in [5.74, 6) is -4.04. The number of hydrogen-bond acceptors (Lipinski definition) is 5. The summed E-state index contributed by atoms with van der Waals surface area (Å²) in [4.78, 5) is 29.5. The van der Waals surface area contributed by atoms with Gasteiger partial charge in [0, 0.05) is 17.8 Å². The molecule has 0 aliphatic heterocycles. The summed E-state index contributed by atoms with van der Waals surface area (Å²) >= 11 is 0. The van der Waals surface area contributed by atoms with E-state index in [-0.39, 0.29) is 11.6 Å². The van der Waals surface area contributed by atoms with Gasteiger partial charge in [-0.1, -0.05) is 18.2 Å². The predicted molar refractivity (Wildman–Crippen MR) is 132 cm³/mol. The lowest BCUT2D eigenvalue weighted by Gasteiger charge is -2.43. The lowest BCUT2D eigenvalue weighted by atomic mass is 9.71. The summed E-state index contributed by atoms with van der Waals surface area (Å²) in [7, 11) is 1.27. The number of carbonyl (C=O) groups excluding carboxylic acids is 2. The van der Waals surface area contributed by atoms with Gasteiger partial charge in [0.2, 0.25) is 5.82 Å². The second-order valence-electron chi connectivity index (χ2n) is 8.88. The van der Waals surface area contributed by atoms with E-state index in [1.165, 1.54) is 36.3 Å². The average Bonchev–Trinajstić information content (AvgIpc) is 3.37. The summed E-state index contributed by atoms with van der Waals surface area (Å²) in [5.41, 5.74) is 0.175. The molecule has 0 saturated heterocycles. The van der Waals surface area contributed by atoms with Gasteiger partial charge < -0.3 is 15.4 Å². The van der Waals surface area contributed by atoms with Crippen molar-refractivity contribution in [3.05, 3.63) is 101 Å². The van der Waals surface area contributed by atoms with E-state index in [1.54, 1.807) is 30.3 Å². The second kappa shape index (κ2) is 10.0. The Balaban J connectivity index is 1.29. The van der Waals surface area contributed by atoms with Gasteiger partial charge in [-0.15, -0.1) is 5.10 Å². The largest absolute Gasteiger partial charge is 0.497 e. The van der Waals surface area contributed by atoms with Crippen molar-refractivity contribution in [2.45, 2.75) is 24.8 Å². The molecule has 1 aliphatic carbocycles. The molecule has 38 heavy (non-hydrogen) atoms. The molecule has 2 amide bonds. The van der Waals surface area contributed by atoms with Crippen LogP contribution in [0.5, 0.6) is 5.75 Å². The first kappa shape index (κ1) is 25.0. The van der Waals surface area contributed by atoms with E-state index in [0.29, 0.717) is 24.2 Å². The Morgan fingerprint density at radius 3 is 2.29 bits per heavy atom. The summed E-state index contributed by atoms with van der Waals surface area (Å²) < 4.78 is 48.2. The van der Waals surface area contributed by atoms with Gasteiger partial charge in [0.1, 0.15) is 35.1 Å². The molecule has 5 rings (SSSR count). The molecule has 1 heterocycles. The Kier molecular flexibility index (Phi) is 6.58. The minimum absolute atomic E-state index is 0.0373. The van der Waals surface area contributed by atoms with E-state index in [9.17, 15) is 22.8 Å². The normalized spacial score (nSPS) is 13.9. The molecule has 1 aliphatic rings. The third-order valence-electron chi connectivity index (χ3n) is 6.50. The summed E-state index contributed by atoms with van der Waals surface area (Å²) in [6, 6.07) is 14.3. The zero-order valence-corrected chi connectivity index (χ0v) is 20.2. The number of halogens is 3. The monoisotopic (exact) mass is 521 g/mol. The fraction of sp³-hybridized carbons (Fsp3) is 0.185. The van der Waals surface area contributed by atoms with Crippen molar-refractivity contribution in [2.75, 3.05) is 12.4 Å². The maximum atomic E-state index is 14.3. The van der Waals surface area contributed by atoms with Crippen LogP contribution in [-0.4, -0.2) is 33.7 Å². The van der Waals surface area contributed by atoms with Crippen LogP contribution in [0.1, 0.15) is 45.8 Å². The number of anilines is 1. The average molecular weight is 521 g/mol. The third-order valence-corrected chi connectivity index (χ3v) is 6.50. The fourth-order valence-corrected chi connectivity index (χ4v) is 4.35. The number of nitrogens with zero attached hydrogens (tertiary/aromatic N) is 3. The van der Waals surface area contributed by atoms with Gasteiger partial charge in [-0.3, -0.25) is 9.59 Å². The number of rotatable bonds is 7. The first-order valence-corrected chi connectivity index (χ1v) is 11.7. The standard InChI is InChI=1S/C27H22F3N5O3/c1-38-20-13-21(29)23(22(30)14-20)25(36)32-18-8-6-16(7-9-18)27(10-3-11-27)33-26(37)24-31-15-35(34-24)19-5-2-4-17(28)12-19/h2,4-9,12-15H,3,10-11H2,1H3,(H,32,36)(H,33,37). The molecule has 0 radical (unpaired) electrons. The molecule has 0 spiro atoms. The van der Waals surface area contributed by atoms with Crippen LogP contribution in [0.15, 0.2) is 67.0 Å². The molecule has 11 heteroatoms. The van der Waals surface area contributed by atoms with E-state index in [2.05, 4.69) is 20.7 Å². The predicted octanol–water partition coefficient (Wildman–Crippen LogP) is 4.75. The van der Waals surface area contributed by atoms with Gasteiger partial charge in [0.15, 0.2) is 0 Å². The first-order chi connectivity index (χ1) is 18.3. The Labute approximate surface area is 215 Å². The van der Waals surface area contributed by atoms with E-state index < -0.39 is 40.4 Å². The molecule has 2 N–H and O–H groups in total. The van der Waals surface area contributed by atoms with E-state index in [4.69, 9.17) is 4.74 Å². The molecule has 8 nitrogen and oxygen atoms in total. The molecular weight excluding hydrogens is 499 g/mol. The zero-order valence-electron chi connectivity index (χ0n) is 20.2. The van der Waals surface area contributed by atoms with Crippen molar-refractivity contribution in [2.24, 2.45) is 0 Å². The molecule has 1 fully saturated rings. The summed E-state index contributed by atoms with van der Waals surface area (Å²) in [6.45, 7) is 0. The van der Waals surface area contributed by atoms with E-state index in [0.717, 1.165) is 24.1 Å². The number of hydrogen-bond donors (Lipinski definition) is 2. The maximum absolute atomic E-state index is 14.3. The van der Waals surface area contributed by atoms with Crippen molar-refractivity contribution in [1.29, 1.82) is 0 Å². The van der Waals surface area contributed by atoms with Crippen LogP contribution in [0.2, 0.25) is 0 Å². The van der Waals surface area contributed by atoms with Gasteiger partial charge in [0.05, 0.1) is 18.3 Å². The highest BCUT2D eigenvalue weighted by Gasteiger charge is 2.40. The Bertz CT molecular complexity index is 1490. The number of aromatic nitrogens is 3. The molecular formula is C27H22F3N5O3. The quantitative estimate of drug-likeness (QED) is 0.366. The molecule has 1 aromatic heterocycles. The highest BCUT2D eigenvalue weighted by atomic mass is 19.1. The Morgan fingerprint density at radius 1 is 0.974 bits per heavy atom. The smallest absolute Gasteiger partial charge is 0.291 e. The van der Waals surface area contributed by atoms with Crippen molar-refractivity contribution in [1.82, 2.24) is 20.1 Å². The molecule has 0 atom stereocenters. The zero-order chi connectivity index (χ0) is 26.9. The number of amides is 2. The van der Waals surface area contributed by atoms with E-state index in [1.807, 2.05) is 0 Å². The van der Waals surface area contributed by atoms with Gasteiger partial charge >= 0.3 is 0 Å². The maximum Gasteiger partial charge on any atom is 0.291 e. The molecule has 1 saturated carbocycles. The minimum Gasteiger partial charge on any atom is -0.497 e. The number of ether oxygens (including phenoxy) is 1. The van der Waals surface area contributed by atoms with Crippen LogP contribution < -0.4 is 15.4 Å². The highest BCUT2D eigenvalue weighted by molar-refractivity contribution is 6.04. The highest BCUT2D eigenvalue weighted by Crippen LogP contribution is 2.41. The van der Waals surface area contributed by atoms with Crippen molar-refractivity contribution >= 4 is 17.5 Å². The lowest BCUT2D eigenvalue weighted by Crippen LogP contribution is -2.51. The number of benzene rings is 3. The second-order valence-corrected chi connectivity index (χ2v) is 8.88. The van der Waals surface area contributed by atoms with Crippen LogP contribution in [-0.2, 0) is 5.54 Å². The molecule has 4 aromatic rings. The van der Waals surface area contributed by atoms with Crippen LogP contribution in [0.4, 0.5) is 18.9 Å². The number of carbonyl (C=O) groups is 2. The van der Waals surface area contributed by atoms with Gasteiger partial charge in [-0.2, -0.15) is 0 Å². The van der Waals surface area contributed by atoms with Gasteiger partial charge in [0.25, 0.3) is 11.8 Å². The van der Waals surface area contributed by atoms with Gasteiger partial charge in [-0.25, -0.2) is 22.8 Å². The van der Waals surface area contributed by atoms with E-state index >= 15 is 0 Å². The first-order valence-electron chi connectivity index (χ1n) is 11.7. The van der Waals surface area contributed by atoms with Crippen LogP contribution in [0.25, 0.3) is 5.69 Å². The topological polar surface area (TPSA) is 98.1 Å². The number of methoxy groups -OCH3 is 1. The number of nitrogens with one attached hydrogen (secondary N) is 2. The van der Waals surface area contributed by atoms with Crippen molar-refractivity contribution < 1.29 is 27.5 Å². The van der Waals surface area contributed by atoms with Crippen molar-refractivity contribution in [3.63, 3.8) is 0 Å². The Morgan fingerprint density at radius 2 is 1.68 bits per heavy atom. The molecule has 194 valence electrons. The minimum atomic E-state index is -1.04. The van der Waals surface area contributed by atoms with Crippen LogP contribution >= 0.6 is 0 Å². The van der Waals surface area contributed by atoms with Gasteiger partial charge in [-0.05, 0) is 55.2 Å². The van der Waals surface area contributed by atoms with Crippen LogP contribution in [0.3, 0.4) is 0 Å². The fourth-order valence-electron chi connectivity index (χ4n) is 4.35. The SMILES string of the molecule is COc1cc(F)c(C(=O)Nc2ccc(C3(NC(=O)c4ncn(-c5cccc(F)c5)n4)CCC3)cc2)c(F)c1.